The first-order valence-corrected chi connectivity index (χ1v) is 10.4. The molecule has 1 N–H and O–H groups in total. The summed E-state index contributed by atoms with van der Waals surface area (Å²) in [6.45, 7) is 8.04. The van der Waals surface area contributed by atoms with Crippen molar-refractivity contribution in [1.29, 1.82) is 0 Å². The fourth-order valence-electron chi connectivity index (χ4n) is 3.33. The lowest BCUT2D eigenvalue weighted by molar-refractivity contribution is -0.124. The molecule has 1 aromatic carbocycles. The van der Waals surface area contributed by atoms with Crippen molar-refractivity contribution in [1.82, 2.24) is 5.32 Å². The van der Waals surface area contributed by atoms with E-state index in [0.29, 0.717) is 37.4 Å². The van der Waals surface area contributed by atoms with Gasteiger partial charge in [0.25, 0.3) is 0 Å². The summed E-state index contributed by atoms with van der Waals surface area (Å²) >= 11 is 0. The van der Waals surface area contributed by atoms with Gasteiger partial charge in [0.15, 0.2) is 17.1 Å². The Morgan fingerprint density at radius 1 is 1.29 bits per heavy atom. The number of carbonyl (C=O) groups excluding carboxylic acids is 2. The number of nitrogens with one attached hydrogen (secondary N) is 1. The predicted molar refractivity (Wildman–Crippen MR) is 120 cm³/mol. The highest BCUT2D eigenvalue weighted by atomic mass is 16.5. The average molecular weight is 424 g/mol. The molecule has 0 saturated carbocycles. The fraction of sp³-hybridized carbons (Fsp3) is 0.440. The Balaban J connectivity index is 1.55. The molecule has 1 aliphatic carbocycles. The van der Waals surface area contributed by atoms with Gasteiger partial charge in [-0.25, -0.2) is 0 Å². The first kappa shape index (κ1) is 22.6. The zero-order valence-electron chi connectivity index (χ0n) is 18.5. The third-order valence-electron chi connectivity index (χ3n) is 5.05. The van der Waals surface area contributed by atoms with Gasteiger partial charge in [0, 0.05) is 23.8 Å². The average Bonchev–Trinajstić information content (AvgIpc) is 3.17. The van der Waals surface area contributed by atoms with Gasteiger partial charge in [0.2, 0.25) is 5.91 Å². The zero-order valence-corrected chi connectivity index (χ0v) is 18.5. The van der Waals surface area contributed by atoms with Gasteiger partial charge in [-0.15, -0.1) is 6.42 Å². The third-order valence-corrected chi connectivity index (χ3v) is 5.05. The molecule has 31 heavy (non-hydrogen) atoms. The SMILES string of the molecule is C#CC(C)(C)OCC(C)(C)NC(=O)CCCOc1c2c(cc3ccoc13)C=CC(=O)C2. The van der Waals surface area contributed by atoms with Gasteiger partial charge in [-0.3, -0.25) is 9.59 Å². The number of furan rings is 1. The first-order chi connectivity index (χ1) is 14.6. The molecule has 1 amide bonds. The largest absolute Gasteiger partial charge is 0.489 e. The Kier molecular flexibility index (Phi) is 6.56. The Labute approximate surface area is 183 Å². The van der Waals surface area contributed by atoms with Crippen LogP contribution < -0.4 is 10.1 Å². The van der Waals surface area contributed by atoms with E-state index in [1.165, 1.54) is 0 Å². The Morgan fingerprint density at radius 2 is 2.06 bits per heavy atom. The molecule has 1 aliphatic rings. The van der Waals surface area contributed by atoms with Crippen molar-refractivity contribution in [2.75, 3.05) is 13.2 Å². The van der Waals surface area contributed by atoms with E-state index < -0.39 is 11.1 Å². The third kappa shape index (κ3) is 5.77. The highest BCUT2D eigenvalue weighted by Gasteiger charge is 2.25. The van der Waals surface area contributed by atoms with Gasteiger partial charge >= 0.3 is 0 Å². The molecule has 0 unspecified atom stereocenters. The van der Waals surface area contributed by atoms with Crippen molar-refractivity contribution in [3.63, 3.8) is 0 Å². The Hall–Kier alpha value is -3.04. The highest BCUT2D eigenvalue weighted by Crippen LogP contribution is 2.36. The van der Waals surface area contributed by atoms with Crippen molar-refractivity contribution < 1.29 is 23.5 Å². The molecular weight excluding hydrogens is 394 g/mol. The minimum Gasteiger partial charge on any atom is -0.489 e. The molecule has 0 aliphatic heterocycles. The number of terminal acetylenes is 1. The first-order valence-electron chi connectivity index (χ1n) is 10.4. The number of fused-ring (bicyclic) bond motifs is 2. The fourth-order valence-corrected chi connectivity index (χ4v) is 3.33. The second-order valence-corrected chi connectivity index (χ2v) is 8.92. The maximum absolute atomic E-state index is 12.4. The van der Waals surface area contributed by atoms with Gasteiger partial charge in [0.1, 0.15) is 5.60 Å². The van der Waals surface area contributed by atoms with Crippen molar-refractivity contribution in [3.05, 3.63) is 35.6 Å². The number of hydrogen-bond acceptors (Lipinski definition) is 5. The van der Waals surface area contributed by atoms with E-state index >= 15 is 0 Å². The maximum atomic E-state index is 12.4. The monoisotopic (exact) mass is 423 g/mol. The van der Waals surface area contributed by atoms with E-state index in [1.54, 1.807) is 18.4 Å². The number of allylic oxidation sites excluding steroid dienone is 1. The molecule has 6 heteroatoms. The molecule has 0 bridgehead atoms. The van der Waals surface area contributed by atoms with Crippen LogP contribution in [0, 0.1) is 12.3 Å². The van der Waals surface area contributed by atoms with E-state index in [0.717, 1.165) is 16.5 Å². The second-order valence-electron chi connectivity index (χ2n) is 8.92. The van der Waals surface area contributed by atoms with Gasteiger partial charge in [-0.1, -0.05) is 12.0 Å². The van der Waals surface area contributed by atoms with Crippen LogP contribution in [0.15, 0.2) is 28.9 Å². The van der Waals surface area contributed by atoms with Gasteiger partial charge < -0.3 is 19.2 Å². The molecule has 1 heterocycles. The lowest BCUT2D eigenvalue weighted by Gasteiger charge is -2.30. The summed E-state index contributed by atoms with van der Waals surface area (Å²) in [7, 11) is 0. The number of benzene rings is 1. The van der Waals surface area contributed by atoms with E-state index in [1.807, 2.05) is 39.8 Å². The van der Waals surface area contributed by atoms with Gasteiger partial charge in [-0.05, 0) is 57.9 Å². The summed E-state index contributed by atoms with van der Waals surface area (Å²) in [4.78, 5) is 24.3. The Bertz CT molecular complexity index is 1050. The van der Waals surface area contributed by atoms with Crippen LogP contribution in [0.5, 0.6) is 5.75 Å². The summed E-state index contributed by atoms with van der Waals surface area (Å²) in [5.41, 5.74) is 1.18. The molecule has 0 radical (unpaired) electrons. The molecule has 6 nitrogen and oxygen atoms in total. The van der Waals surface area contributed by atoms with Crippen molar-refractivity contribution >= 4 is 28.7 Å². The Morgan fingerprint density at radius 3 is 2.81 bits per heavy atom. The van der Waals surface area contributed by atoms with Crippen LogP contribution in [0.25, 0.3) is 17.0 Å². The van der Waals surface area contributed by atoms with E-state index in [2.05, 4.69) is 11.2 Å². The lowest BCUT2D eigenvalue weighted by atomic mass is 9.94. The molecule has 164 valence electrons. The molecule has 2 aromatic rings. The van der Waals surface area contributed by atoms with Crippen LogP contribution in [0.2, 0.25) is 0 Å². The molecule has 0 atom stereocenters. The van der Waals surface area contributed by atoms with Crippen LogP contribution in [-0.4, -0.2) is 36.0 Å². The molecular formula is C25H29NO5. The quantitative estimate of drug-likeness (QED) is 0.486. The van der Waals surface area contributed by atoms with Crippen LogP contribution in [0.3, 0.4) is 0 Å². The van der Waals surface area contributed by atoms with E-state index in [-0.39, 0.29) is 18.1 Å². The molecule has 0 spiro atoms. The van der Waals surface area contributed by atoms with Crippen LogP contribution in [-0.2, 0) is 20.7 Å². The van der Waals surface area contributed by atoms with E-state index in [9.17, 15) is 9.59 Å². The smallest absolute Gasteiger partial charge is 0.220 e. The van der Waals surface area contributed by atoms with Crippen molar-refractivity contribution in [3.8, 4) is 18.1 Å². The number of amides is 1. The highest BCUT2D eigenvalue weighted by molar-refractivity contribution is 6.01. The van der Waals surface area contributed by atoms with Gasteiger partial charge in [0.05, 0.1) is 25.0 Å². The number of rotatable bonds is 9. The minimum atomic E-state index is -0.682. The number of ether oxygens (including phenoxy) is 2. The van der Waals surface area contributed by atoms with Gasteiger partial charge in [-0.2, -0.15) is 0 Å². The van der Waals surface area contributed by atoms with Crippen molar-refractivity contribution in [2.45, 2.75) is 58.1 Å². The normalized spacial score (nSPS) is 13.7. The summed E-state index contributed by atoms with van der Waals surface area (Å²) < 4.78 is 17.3. The zero-order chi connectivity index (χ0) is 22.6. The maximum Gasteiger partial charge on any atom is 0.220 e. The number of carbonyl (C=O) groups is 2. The topological polar surface area (TPSA) is 77.8 Å². The van der Waals surface area contributed by atoms with Crippen LogP contribution in [0.4, 0.5) is 0 Å². The van der Waals surface area contributed by atoms with Crippen LogP contribution >= 0.6 is 0 Å². The van der Waals surface area contributed by atoms with Crippen LogP contribution in [0.1, 0.15) is 51.7 Å². The predicted octanol–water partition coefficient (Wildman–Crippen LogP) is 4.05. The molecule has 0 saturated heterocycles. The second kappa shape index (κ2) is 8.99. The summed E-state index contributed by atoms with van der Waals surface area (Å²) in [6.07, 6.45) is 11.5. The molecule has 0 fully saturated rings. The number of ketones is 1. The minimum absolute atomic E-state index is 0.0279. The molecule has 1 aromatic heterocycles. The van der Waals surface area contributed by atoms with E-state index in [4.69, 9.17) is 20.3 Å². The summed E-state index contributed by atoms with van der Waals surface area (Å²) in [6, 6.07) is 3.86. The summed E-state index contributed by atoms with van der Waals surface area (Å²) in [5.74, 6) is 3.10. The van der Waals surface area contributed by atoms with Crippen molar-refractivity contribution in [2.24, 2.45) is 0 Å². The molecule has 3 rings (SSSR count). The summed E-state index contributed by atoms with van der Waals surface area (Å²) in [5, 5.41) is 3.89. The number of hydrogen-bond donors (Lipinski definition) is 1. The lowest BCUT2D eigenvalue weighted by Crippen LogP contribution is -2.48. The standard InChI is InChI=1S/C25H29NO5/c1-6-25(4,5)31-16-24(2,3)26-21(28)8-7-12-29-23-20-15-19(27)10-9-17(20)14-18-11-13-30-22(18)23/h1,9-11,13-14H,7-8,12,15-16H2,2-5H3,(H,26,28).